The Labute approximate surface area is 249 Å². The Balaban J connectivity index is 1.35. The molecule has 0 aliphatic heterocycles. The first kappa shape index (κ1) is 30.0. The number of carboxylic acid groups (broad SMARTS) is 2. The van der Waals surface area contributed by atoms with Crippen molar-refractivity contribution in [1.82, 2.24) is 41.2 Å². The van der Waals surface area contributed by atoms with Crippen LogP contribution < -0.4 is 0 Å². The summed E-state index contributed by atoms with van der Waals surface area (Å²) in [7, 11) is 0. The summed E-state index contributed by atoms with van der Waals surface area (Å²) in [5, 5.41) is 49.8. The highest BCUT2D eigenvalue weighted by molar-refractivity contribution is 5.72. The molecule has 0 bridgehead atoms. The van der Waals surface area contributed by atoms with Gasteiger partial charge in [0.1, 0.15) is 0 Å². The van der Waals surface area contributed by atoms with Crippen molar-refractivity contribution >= 4 is 11.9 Å². The maximum absolute atomic E-state index is 12.8. The summed E-state index contributed by atoms with van der Waals surface area (Å²) >= 11 is 0. The Morgan fingerprint density at radius 2 is 1.30 bits per heavy atom. The molecule has 1 aliphatic rings. The molecule has 5 rings (SSSR count). The van der Waals surface area contributed by atoms with Crippen LogP contribution in [0.2, 0.25) is 0 Å². The SMILES string of the molecule is CCC(Cc1ccc(C[C@H](c2nn[nH]n2)[C@@H](C(=O)O)C2CCCC2)cc1)[C@H](C(=O)O)[C@H](Cc1ccccc1)c1nn[nH]n1. The molecule has 226 valence electrons. The zero-order valence-corrected chi connectivity index (χ0v) is 24.2. The number of aromatic amines is 2. The number of rotatable bonds is 15. The molecule has 12 heteroatoms. The second kappa shape index (κ2) is 14.1. The summed E-state index contributed by atoms with van der Waals surface area (Å²) in [6.45, 7) is 2.01. The van der Waals surface area contributed by atoms with Gasteiger partial charge in [0.25, 0.3) is 0 Å². The van der Waals surface area contributed by atoms with E-state index in [1.807, 2.05) is 61.5 Å². The molecular weight excluding hydrogens is 548 g/mol. The zero-order chi connectivity index (χ0) is 30.2. The Morgan fingerprint density at radius 3 is 1.81 bits per heavy atom. The molecule has 4 N–H and O–H groups in total. The van der Waals surface area contributed by atoms with Gasteiger partial charge in [-0.1, -0.05) is 91.2 Å². The number of nitrogens with zero attached hydrogens (tertiary/aromatic N) is 6. The van der Waals surface area contributed by atoms with E-state index in [-0.39, 0.29) is 11.8 Å². The average Bonchev–Trinajstić information content (AvgIpc) is 3.81. The molecule has 2 aromatic heterocycles. The van der Waals surface area contributed by atoms with Crippen molar-refractivity contribution in [2.45, 2.75) is 70.1 Å². The van der Waals surface area contributed by atoms with Gasteiger partial charge < -0.3 is 10.2 Å². The first-order chi connectivity index (χ1) is 20.9. The third-order valence-electron chi connectivity index (χ3n) is 9.04. The van der Waals surface area contributed by atoms with Gasteiger partial charge in [0.05, 0.1) is 11.8 Å². The lowest BCUT2D eigenvalue weighted by molar-refractivity contribution is -0.145. The fourth-order valence-corrected chi connectivity index (χ4v) is 6.89. The molecule has 0 spiro atoms. The van der Waals surface area contributed by atoms with Crippen molar-refractivity contribution in [3.8, 4) is 0 Å². The molecule has 43 heavy (non-hydrogen) atoms. The highest BCUT2D eigenvalue weighted by Gasteiger charge is 2.40. The number of carbonyl (C=O) groups is 2. The summed E-state index contributed by atoms with van der Waals surface area (Å²) in [4.78, 5) is 25.2. The zero-order valence-electron chi connectivity index (χ0n) is 24.2. The number of carboxylic acids is 2. The minimum atomic E-state index is -0.885. The summed E-state index contributed by atoms with van der Waals surface area (Å²) in [6, 6.07) is 17.8. The van der Waals surface area contributed by atoms with Gasteiger partial charge in [0.15, 0.2) is 11.6 Å². The van der Waals surface area contributed by atoms with Crippen molar-refractivity contribution in [2.24, 2.45) is 23.7 Å². The molecule has 0 radical (unpaired) electrons. The van der Waals surface area contributed by atoms with Crippen molar-refractivity contribution in [3.63, 3.8) is 0 Å². The smallest absolute Gasteiger partial charge is 0.307 e. The molecule has 1 unspecified atom stereocenters. The van der Waals surface area contributed by atoms with Crippen LogP contribution in [0.1, 0.15) is 79.2 Å². The summed E-state index contributed by atoms with van der Waals surface area (Å²) in [5.41, 5.74) is 2.99. The number of tetrazole rings is 2. The predicted molar refractivity (Wildman–Crippen MR) is 156 cm³/mol. The molecular formula is C31H38N8O4. The summed E-state index contributed by atoms with van der Waals surface area (Å²) < 4.78 is 0. The number of benzene rings is 2. The minimum absolute atomic E-state index is 0.0848. The second-order valence-electron chi connectivity index (χ2n) is 11.6. The van der Waals surface area contributed by atoms with E-state index in [1.54, 1.807) is 0 Å². The number of H-pyrrole nitrogens is 2. The maximum atomic E-state index is 12.8. The molecule has 12 nitrogen and oxygen atoms in total. The number of aliphatic carboxylic acids is 2. The summed E-state index contributed by atoms with van der Waals surface area (Å²) in [5.74, 6) is -3.17. The van der Waals surface area contributed by atoms with Crippen LogP contribution in [0.5, 0.6) is 0 Å². The quantitative estimate of drug-likeness (QED) is 0.157. The van der Waals surface area contributed by atoms with Crippen LogP contribution in [0.4, 0.5) is 0 Å². The lowest BCUT2D eigenvalue weighted by atomic mass is 9.74. The fourth-order valence-electron chi connectivity index (χ4n) is 6.89. The Kier molecular flexibility index (Phi) is 9.85. The van der Waals surface area contributed by atoms with Gasteiger partial charge >= 0.3 is 11.9 Å². The highest BCUT2D eigenvalue weighted by Crippen LogP contribution is 2.40. The fraction of sp³-hybridized carbons (Fsp3) is 0.484. The first-order valence-electron chi connectivity index (χ1n) is 15.0. The number of nitrogens with one attached hydrogen (secondary N) is 2. The van der Waals surface area contributed by atoms with Crippen molar-refractivity contribution in [1.29, 1.82) is 0 Å². The van der Waals surface area contributed by atoms with E-state index >= 15 is 0 Å². The molecule has 0 amide bonds. The molecule has 0 saturated heterocycles. The Hall–Kier alpha value is -4.48. The lowest BCUT2D eigenvalue weighted by Crippen LogP contribution is -2.32. The summed E-state index contributed by atoms with van der Waals surface area (Å²) in [6.07, 6.45) is 6.03. The number of hydrogen-bond donors (Lipinski definition) is 4. The Bertz CT molecular complexity index is 1420. The van der Waals surface area contributed by atoms with Crippen molar-refractivity contribution in [2.75, 3.05) is 0 Å². The van der Waals surface area contributed by atoms with Crippen LogP contribution in [0, 0.1) is 23.7 Å². The van der Waals surface area contributed by atoms with Gasteiger partial charge in [0.2, 0.25) is 0 Å². The molecule has 4 aromatic rings. The molecule has 5 atom stereocenters. The number of hydrogen-bond acceptors (Lipinski definition) is 8. The van der Waals surface area contributed by atoms with Crippen LogP contribution in [-0.4, -0.2) is 63.4 Å². The van der Waals surface area contributed by atoms with Gasteiger partial charge in [-0.3, -0.25) is 9.59 Å². The lowest BCUT2D eigenvalue weighted by Gasteiger charge is -2.29. The topological polar surface area (TPSA) is 184 Å². The van der Waals surface area contributed by atoms with Crippen LogP contribution in [-0.2, 0) is 28.9 Å². The van der Waals surface area contributed by atoms with E-state index in [9.17, 15) is 19.8 Å². The second-order valence-corrected chi connectivity index (χ2v) is 11.6. The van der Waals surface area contributed by atoms with Gasteiger partial charge in [-0.15, -0.1) is 20.4 Å². The van der Waals surface area contributed by atoms with Gasteiger partial charge in [-0.2, -0.15) is 10.4 Å². The van der Waals surface area contributed by atoms with Gasteiger partial charge in [-0.25, -0.2) is 0 Å². The van der Waals surface area contributed by atoms with E-state index < -0.39 is 35.6 Å². The van der Waals surface area contributed by atoms with E-state index in [4.69, 9.17) is 0 Å². The average molecular weight is 587 g/mol. The first-order valence-corrected chi connectivity index (χ1v) is 15.0. The molecule has 1 aliphatic carbocycles. The molecule has 1 saturated carbocycles. The van der Waals surface area contributed by atoms with E-state index in [0.29, 0.717) is 37.3 Å². The van der Waals surface area contributed by atoms with Crippen LogP contribution in [0.15, 0.2) is 54.6 Å². The van der Waals surface area contributed by atoms with Crippen LogP contribution >= 0.6 is 0 Å². The Morgan fingerprint density at radius 1 is 0.767 bits per heavy atom. The predicted octanol–water partition coefficient (Wildman–Crippen LogP) is 4.23. The highest BCUT2D eigenvalue weighted by atomic mass is 16.4. The van der Waals surface area contributed by atoms with Gasteiger partial charge in [0, 0.05) is 11.8 Å². The van der Waals surface area contributed by atoms with E-state index in [0.717, 1.165) is 42.4 Å². The van der Waals surface area contributed by atoms with Crippen LogP contribution in [0.25, 0.3) is 0 Å². The van der Waals surface area contributed by atoms with E-state index in [2.05, 4.69) is 41.2 Å². The molecule has 2 heterocycles. The molecule has 1 fully saturated rings. The van der Waals surface area contributed by atoms with Crippen molar-refractivity contribution < 1.29 is 19.8 Å². The monoisotopic (exact) mass is 586 g/mol. The largest absolute Gasteiger partial charge is 0.481 e. The van der Waals surface area contributed by atoms with Crippen molar-refractivity contribution in [3.05, 3.63) is 82.9 Å². The van der Waals surface area contributed by atoms with E-state index in [1.165, 1.54) is 0 Å². The van der Waals surface area contributed by atoms with Gasteiger partial charge in [-0.05, 0) is 60.6 Å². The minimum Gasteiger partial charge on any atom is -0.481 e. The van der Waals surface area contributed by atoms with Crippen LogP contribution in [0.3, 0.4) is 0 Å². The third kappa shape index (κ3) is 7.30. The third-order valence-corrected chi connectivity index (χ3v) is 9.04. The maximum Gasteiger partial charge on any atom is 0.307 e. The standard InChI is InChI=1S/C31H38N8O4/c1-2-22(26(30(40)41)24(28-32-36-37-33-28)17-19-8-4-3-5-9-19)16-20-12-14-21(15-13-20)18-25(29-34-38-39-35-29)27(31(42)43)23-10-6-7-11-23/h3-5,8-9,12-15,22-27H,2,6-7,10-11,16-18H2,1H3,(H,40,41)(H,42,43)(H,32,33,36,37)(H,34,35,38,39)/t22?,24-,25-,26-,27-/m0/s1. The molecule has 2 aromatic carbocycles. The normalized spacial score (nSPS) is 17.2. The number of aromatic nitrogens is 8.